The Labute approximate surface area is 223 Å². The van der Waals surface area contributed by atoms with Gasteiger partial charge in [0.25, 0.3) is 0 Å². The second-order valence-electron chi connectivity index (χ2n) is 8.33. The van der Waals surface area contributed by atoms with Gasteiger partial charge in [-0.15, -0.1) is 6.58 Å². The van der Waals surface area contributed by atoms with E-state index in [2.05, 4.69) is 6.58 Å². The van der Waals surface area contributed by atoms with Crippen molar-refractivity contribution in [1.82, 2.24) is 0 Å². The average molecular weight is 537 g/mol. The molecule has 0 aliphatic rings. The predicted octanol–water partition coefficient (Wildman–Crippen LogP) is 8.15. The van der Waals surface area contributed by atoms with Crippen LogP contribution in [0.15, 0.2) is 85.5 Å². The molecule has 0 saturated carbocycles. The lowest BCUT2D eigenvalue weighted by molar-refractivity contribution is 0.0726. The van der Waals surface area contributed by atoms with Gasteiger partial charge in [0, 0.05) is 11.1 Å². The van der Waals surface area contributed by atoms with Gasteiger partial charge in [-0.2, -0.15) is 8.78 Å². The van der Waals surface area contributed by atoms with Crippen LogP contribution in [0.3, 0.4) is 0 Å². The Morgan fingerprint density at radius 2 is 1.26 bits per heavy atom. The highest BCUT2D eigenvalue weighted by atomic mass is 19.2. The van der Waals surface area contributed by atoms with Gasteiger partial charge >= 0.3 is 5.97 Å². The number of esters is 1. The molecule has 0 bridgehead atoms. The lowest BCUT2D eigenvalue weighted by Gasteiger charge is -2.11. The molecule has 8 heteroatoms. The molecular weight excluding hydrogens is 512 g/mol. The minimum Gasteiger partial charge on any atom is -0.494 e. The molecule has 0 spiro atoms. The van der Waals surface area contributed by atoms with Crippen molar-refractivity contribution in [3.05, 3.63) is 114 Å². The molecule has 0 N–H and O–H groups in total. The molecule has 0 atom stereocenters. The van der Waals surface area contributed by atoms with Gasteiger partial charge in [0.2, 0.25) is 11.6 Å². The van der Waals surface area contributed by atoms with E-state index in [4.69, 9.17) is 14.2 Å². The number of carbonyl (C=O) groups excluding carboxylic acids is 1. The first kappa shape index (κ1) is 27.4. The summed E-state index contributed by atoms with van der Waals surface area (Å²) < 4.78 is 74.1. The normalized spacial score (nSPS) is 10.7. The third kappa shape index (κ3) is 6.12. The first-order valence-electron chi connectivity index (χ1n) is 12.1. The lowest BCUT2D eigenvalue weighted by atomic mass is 9.98. The summed E-state index contributed by atoms with van der Waals surface area (Å²) in [5, 5.41) is 0. The van der Waals surface area contributed by atoms with Crippen molar-refractivity contribution in [2.45, 2.75) is 13.3 Å². The topological polar surface area (TPSA) is 44.8 Å². The number of benzene rings is 4. The van der Waals surface area contributed by atoms with Gasteiger partial charge in [-0.05, 0) is 60.9 Å². The van der Waals surface area contributed by atoms with Crippen LogP contribution in [0.4, 0.5) is 17.6 Å². The highest BCUT2D eigenvalue weighted by Crippen LogP contribution is 2.33. The molecule has 0 radical (unpaired) electrons. The van der Waals surface area contributed by atoms with E-state index in [9.17, 15) is 18.0 Å². The summed E-state index contributed by atoms with van der Waals surface area (Å²) in [5.41, 5.74) is 0.865. The van der Waals surface area contributed by atoms with Gasteiger partial charge in [0.15, 0.2) is 23.1 Å². The number of halogens is 4. The fourth-order valence-electron chi connectivity index (χ4n) is 3.79. The van der Waals surface area contributed by atoms with Crippen LogP contribution in [-0.4, -0.2) is 19.2 Å². The number of hydrogen-bond donors (Lipinski definition) is 0. The predicted molar refractivity (Wildman–Crippen MR) is 140 cm³/mol. The SMILES string of the molecule is C=CCCOc1ccc(OC(=O)c2ccc(-c3ccc(-c4ccc(OCC)cc4)c(F)c3F)cc2)c(F)c1F. The summed E-state index contributed by atoms with van der Waals surface area (Å²) in [4.78, 5) is 12.5. The van der Waals surface area contributed by atoms with Gasteiger partial charge < -0.3 is 14.2 Å². The fourth-order valence-corrected chi connectivity index (χ4v) is 3.79. The van der Waals surface area contributed by atoms with Gasteiger partial charge in [-0.3, -0.25) is 0 Å². The van der Waals surface area contributed by atoms with Crippen molar-refractivity contribution < 1.29 is 36.6 Å². The Hall–Kier alpha value is -4.59. The molecule has 4 rings (SSSR count). The molecule has 200 valence electrons. The van der Waals surface area contributed by atoms with E-state index in [0.717, 1.165) is 12.1 Å². The number of ether oxygens (including phenoxy) is 3. The van der Waals surface area contributed by atoms with Crippen LogP contribution in [0.2, 0.25) is 0 Å². The van der Waals surface area contributed by atoms with Crippen LogP contribution in [0.25, 0.3) is 22.3 Å². The van der Waals surface area contributed by atoms with Gasteiger partial charge in [0.1, 0.15) is 5.75 Å². The molecule has 0 saturated heterocycles. The molecule has 0 aliphatic heterocycles. The van der Waals surface area contributed by atoms with Crippen molar-refractivity contribution >= 4 is 5.97 Å². The van der Waals surface area contributed by atoms with Crippen LogP contribution in [0, 0.1) is 23.3 Å². The molecular formula is C31H24F4O4. The molecule has 0 aromatic heterocycles. The zero-order valence-electron chi connectivity index (χ0n) is 21.0. The number of rotatable bonds is 10. The number of carbonyl (C=O) groups is 1. The third-order valence-electron chi connectivity index (χ3n) is 5.78. The van der Waals surface area contributed by atoms with Crippen molar-refractivity contribution in [3.8, 4) is 39.5 Å². The summed E-state index contributed by atoms with van der Waals surface area (Å²) in [5.74, 6) is -6.00. The molecule has 4 aromatic rings. The molecule has 0 fully saturated rings. The maximum atomic E-state index is 15.0. The maximum absolute atomic E-state index is 15.0. The molecule has 0 heterocycles. The third-order valence-corrected chi connectivity index (χ3v) is 5.78. The lowest BCUT2D eigenvalue weighted by Crippen LogP contribution is -2.10. The van der Waals surface area contributed by atoms with E-state index >= 15 is 4.39 Å². The van der Waals surface area contributed by atoms with Crippen molar-refractivity contribution in [3.63, 3.8) is 0 Å². The Morgan fingerprint density at radius 3 is 1.82 bits per heavy atom. The molecule has 4 nitrogen and oxygen atoms in total. The van der Waals surface area contributed by atoms with E-state index in [1.54, 1.807) is 30.3 Å². The highest BCUT2D eigenvalue weighted by Gasteiger charge is 2.20. The van der Waals surface area contributed by atoms with E-state index in [1.165, 1.54) is 36.4 Å². The monoisotopic (exact) mass is 536 g/mol. The number of hydrogen-bond acceptors (Lipinski definition) is 4. The molecule has 0 aliphatic carbocycles. The van der Waals surface area contributed by atoms with Crippen LogP contribution in [0.1, 0.15) is 23.7 Å². The smallest absolute Gasteiger partial charge is 0.343 e. The van der Waals surface area contributed by atoms with Crippen molar-refractivity contribution in [2.75, 3.05) is 13.2 Å². The quantitative estimate of drug-likeness (QED) is 0.0675. The summed E-state index contributed by atoms with van der Waals surface area (Å²) >= 11 is 0. The molecule has 0 unspecified atom stereocenters. The van der Waals surface area contributed by atoms with Crippen LogP contribution in [-0.2, 0) is 0 Å². The highest BCUT2D eigenvalue weighted by molar-refractivity contribution is 5.91. The zero-order valence-corrected chi connectivity index (χ0v) is 21.0. The summed E-state index contributed by atoms with van der Waals surface area (Å²) in [7, 11) is 0. The van der Waals surface area contributed by atoms with Gasteiger partial charge in [-0.25, -0.2) is 13.6 Å². The van der Waals surface area contributed by atoms with E-state index < -0.39 is 35.0 Å². The summed E-state index contributed by atoms with van der Waals surface area (Å²) in [6, 6.07) is 17.2. The summed E-state index contributed by atoms with van der Waals surface area (Å²) in [6.07, 6.45) is 2.01. The minimum atomic E-state index is -1.37. The Kier molecular flexibility index (Phi) is 8.66. The maximum Gasteiger partial charge on any atom is 0.343 e. The standard InChI is InChI=1S/C31H24F4O4/c1-3-5-18-38-25-16-17-26(30(35)29(25)34)39-31(36)21-8-6-19(7-9-21)23-14-15-24(28(33)27(23)32)20-10-12-22(13-11-20)37-4-2/h3,6-17H,1,4-5,18H2,2H3. The van der Waals surface area contributed by atoms with Gasteiger partial charge in [-0.1, -0.05) is 42.5 Å². The fraction of sp³-hybridized carbons (Fsp3) is 0.129. The average Bonchev–Trinajstić information content (AvgIpc) is 2.95. The molecule has 4 aromatic carbocycles. The van der Waals surface area contributed by atoms with Crippen molar-refractivity contribution in [1.29, 1.82) is 0 Å². The van der Waals surface area contributed by atoms with Crippen molar-refractivity contribution in [2.24, 2.45) is 0 Å². The second-order valence-corrected chi connectivity index (χ2v) is 8.33. The molecule has 0 amide bonds. The Morgan fingerprint density at radius 1 is 0.718 bits per heavy atom. The van der Waals surface area contributed by atoms with E-state index in [0.29, 0.717) is 29.9 Å². The first-order valence-corrected chi connectivity index (χ1v) is 12.1. The second kappa shape index (κ2) is 12.3. The Bertz CT molecular complexity index is 1480. The Balaban J connectivity index is 1.50. The van der Waals surface area contributed by atoms with Crippen LogP contribution < -0.4 is 14.2 Å². The summed E-state index contributed by atoms with van der Waals surface area (Å²) in [6.45, 7) is 5.96. The first-order chi connectivity index (χ1) is 18.8. The zero-order chi connectivity index (χ0) is 27.9. The largest absolute Gasteiger partial charge is 0.494 e. The van der Waals surface area contributed by atoms with E-state index in [1.807, 2.05) is 6.92 Å². The molecule has 39 heavy (non-hydrogen) atoms. The van der Waals surface area contributed by atoms with Gasteiger partial charge in [0.05, 0.1) is 18.8 Å². The van der Waals surface area contributed by atoms with Crippen LogP contribution in [0.5, 0.6) is 17.2 Å². The van der Waals surface area contributed by atoms with Crippen LogP contribution >= 0.6 is 0 Å². The minimum absolute atomic E-state index is 0.00300. The van der Waals surface area contributed by atoms with E-state index in [-0.39, 0.29) is 29.0 Å².